The van der Waals surface area contributed by atoms with Gasteiger partial charge >= 0.3 is 11.9 Å². The highest BCUT2D eigenvalue weighted by Crippen LogP contribution is 1.93. The predicted molar refractivity (Wildman–Crippen MR) is 59.0 cm³/mol. The Hall–Kier alpha value is -1.40. The topological polar surface area (TPSA) is 93.1 Å². The molecule has 0 amide bonds. The Morgan fingerprint density at radius 2 is 1.65 bits per heavy atom. The molecule has 17 heavy (non-hydrogen) atoms. The van der Waals surface area contributed by atoms with Gasteiger partial charge in [0.05, 0.1) is 18.6 Å². The van der Waals surface area contributed by atoms with Crippen molar-refractivity contribution in [3.05, 3.63) is 12.2 Å². The van der Waals surface area contributed by atoms with Crippen LogP contribution in [0.5, 0.6) is 0 Å². The molecule has 0 fully saturated rings. The van der Waals surface area contributed by atoms with Crippen LogP contribution in [0.15, 0.2) is 12.2 Å². The maximum absolute atomic E-state index is 11.0. The zero-order valence-corrected chi connectivity index (χ0v) is 9.96. The van der Waals surface area contributed by atoms with Crippen molar-refractivity contribution in [3.8, 4) is 0 Å². The first-order valence-electron chi connectivity index (χ1n) is 5.27. The van der Waals surface area contributed by atoms with E-state index in [9.17, 15) is 9.59 Å². The average molecular weight is 246 g/mol. The quantitative estimate of drug-likeness (QED) is 0.476. The van der Waals surface area contributed by atoms with E-state index in [1.807, 2.05) is 0 Å². The zero-order chi connectivity index (χ0) is 13.3. The Labute approximate surface area is 99.8 Å². The molecule has 0 radical (unpaired) electrons. The second-order valence-corrected chi connectivity index (χ2v) is 3.62. The predicted octanol–water partition coefficient (Wildman–Crippen LogP) is -0.219. The van der Waals surface area contributed by atoms with Gasteiger partial charge in [-0.3, -0.25) is 4.79 Å². The van der Waals surface area contributed by atoms with E-state index >= 15 is 0 Å². The molecule has 0 heterocycles. The van der Waals surface area contributed by atoms with Crippen molar-refractivity contribution in [1.29, 1.82) is 0 Å². The second-order valence-electron chi connectivity index (χ2n) is 3.62. The third-order valence-corrected chi connectivity index (χ3v) is 1.49. The SMILES string of the molecule is CC(O)COC(=O)C=CCC(=O)OCC(C)O. The van der Waals surface area contributed by atoms with Gasteiger partial charge in [0.15, 0.2) is 0 Å². The molecule has 0 rings (SSSR count). The molecule has 2 atom stereocenters. The van der Waals surface area contributed by atoms with Crippen molar-refractivity contribution in [1.82, 2.24) is 0 Å². The smallest absolute Gasteiger partial charge is 0.330 e. The molecule has 0 bridgehead atoms. The van der Waals surface area contributed by atoms with E-state index < -0.39 is 24.1 Å². The Morgan fingerprint density at radius 1 is 1.12 bits per heavy atom. The van der Waals surface area contributed by atoms with E-state index in [1.165, 1.54) is 19.9 Å². The van der Waals surface area contributed by atoms with Gasteiger partial charge in [0, 0.05) is 6.08 Å². The van der Waals surface area contributed by atoms with E-state index in [1.54, 1.807) is 0 Å². The minimum absolute atomic E-state index is 0.0703. The summed E-state index contributed by atoms with van der Waals surface area (Å²) in [6, 6.07) is 0. The Balaban J connectivity index is 3.71. The number of aliphatic hydroxyl groups is 2. The van der Waals surface area contributed by atoms with E-state index in [2.05, 4.69) is 9.47 Å². The number of ether oxygens (including phenoxy) is 2. The van der Waals surface area contributed by atoms with Crippen LogP contribution in [0.25, 0.3) is 0 Å². The molecule has 98 valence electrons. The van der Waals surface area contributed by atoms with E-state index in [-0.39, 0.29) is 19.6 Å². The van der Waals surface area contributed by atoms with Gasteiger partial charge < -0.3 is 19.7 Å². The zero-order valence-electron chi connectivity index (χ0n) is 9.96. The highest BCUT2D eigenvalue weighted by atomic mass is 16.5. The molecule has 6 heteroatoms. The summed E-state index contributed by atoms with van der Waals surface area (Å²) in [4.78, 5) is 22.0. The van der Waals surface area contributed by atoms with Gasteiger partial charge in [-0.15, -0.1) is 0 Å². The van der Waals surface area contributed by atoms with Crippen LogP contribution in [0.1, 0.15) is 20.3 Å². The molecule has 6 nitrogen and oxygen atoms in total. The van der Waals surface area contributed by atoms with Gasteiger partial charge in [-0.05, 0) is 13.8 Å². The normalized spacial score (nSPS) is 14.4. The molecule has 0 aromatic carbocycles. The first kappa shape index (κ1) is 15.6. The molecule has 0 aliphatic carbocycles. The van der Waals surface area contributed by atoms with Crippen LogP contribution < -0.4 is 0 Å². The number of esters is 2. The van der Waals surface area contributed by atoms with Gasteiger partial charge in [0.2, 0.25) is 0 Å². The lowest BCUT2D eigenvalue weighted by molar-refractivity contribution is -0.145. The van der Waals surface area contributed by atoms with Gasteiger partial charge in [-0.25, -0.2) is 4.79 Å². The number of hydrogen-bond donors (Lipinski definition) is 2. The molecule has 0 aliphatic heterocycles. The van der Waals surface area contributed by atoms with Crippen LogP contribution in [0.4, 0.5) is 0 Å². The number of carbonyl (C=O) groups is 2. The summed E-state index contributed by atoms with van der Waals surface area (Å²) in [7, 11) is 0. The number of hydrogen-bond acceptors (Lipinski definition) is 6. The Bertz CT molecular complexity index is 269. The third-order valence-electron chi connectivity index (χ3n) is 1.49. The van der Waals surface area contributed by atoms with Crippen LogP contribution in [-0.4, -0.2) is 47.6 Å². The lowest BCUT2D eigenvalue weighted by atomic mass is 10.3. The average Bonchev–Trinajstić information content (AvgIpc) is 2.23. The van der Waals surface area contributed by atoms with Gasteiger partial charge in [-0.2, -0.15) is 0 Å². The molecular formula is C11H18O6. The summed E-state index contributed by atoms with van der Waals surface area (Å²) in [5.74, 6) is -1.17. The summed E-state index contributed by atoms with van der Waals surface area (Å²) >= 11 is 0. The van der Waals surface area contributed by atoms with Crippen molar-refractivity contribution in [2.24, 2.45) is 0 Å². The molecule has 0 saturated heterocycles. The van der Waals surface area contributed by atoms with E-state index in [0.717, 1.165) is 6.08 Å². The van der Waals surface area contributed by atoms with Crippen LogP contribution in [0.3, 0.4) is 0 Å². The summed E-state index contributed by atoms with van der Waals surface area (Å²) in [6.07, 6.45) is 0.888. The highest BCUT2D eigenvalue weighted by Gasteiger charge is 2.04. The van der Waals surface area contributed by atoms with Crippen molar-refractivity contribution >= 4 is 11.9 Å². The Kier molecular flexibility index (Phi) is 8.00. The van der Waals surface area contributed by atoms with Crippen molar-refractivity contribution in [3.63, 3.8) is 0 Å². The van der Waals surface area contributed by atoms with Crippen LogP contribution in [-0.2, 0) is 19.1 Å². The fourth-order valence-corrected chi connectivity index (χ4v) is 0.775. The monoisotopic (exact) mass is 246 g/mol. The van der Waals surface area contributed by atoms with Crippen molar-refractivity contribution in [2.75, 3.05) is 13.2 Å². The molecule has 0 aromatic rings. The van der Waals surface area contributed by atoms with Gasteiger partial charge in [0.1, 0.15) is 13.2 Å². The summed E-state index contributed by atoms with van der Waals surface area (Å²) in [5.41, 5.74) is 0. The lowest BCUT2D eigenvalue weighted by Gasteiger charge is -2.05. The fraction of sp³-hybridized carbons (Fsp3) is 0.636. The minimum Gasteiger partial charge on any atom is -0.463 e. The molecule has 0 spiro atoms. The van der Waals surface area contributed by atoms with Crippen LogP contribution in [0.2, 0.25) is 0 Å². The first-order chi connectivity index (χ1) is 7.91. The van der Waals surface area contributed by atoms with Crippen molar-refractivity contribution < 1.29 is 29.3 Å². The molecule has 2 unspecified atom stereocenters. The standard InChI is InChI=1S/C11H18O6/c1-8(12)6-16-10(14)4-3-5-11(15)17-7-9(2)13/h3-4,8-9,12-13H,5-7H2,1-2H3. The van der Waals surface area contributed by atoms with Gasteiger partial charge in [0.25, 0.3) is 0 Å². The Morgan fingerprint density at radius 3 is 2.18 bits per heavy atom. The number of rotatable bonds is 7. The summed E-state index contributed by atoms with van der Waals surface area (Å²) in [5, 5.41) is 17.7. The maximum atomic E-state index is 11.0. The molecule has 2 N–H and O–H groups in total. The maximum Gasteiger partial charge on any atom is 0.330 e. The second kappa shape index (κ2) is 8.72. The van der Waals surface area contributed by atoms with E-state index in [0.29, 0.717) is 0 Å². The fourth-order valence-electron chi connectivity index (χ4n) is 0.775. The molecule has 0 saturated carbocycles. The largest absolute Gasteiger partial charge is 0.463 e. The van der Waals surface area contributed by atoms with Crippen molar-refractivity contribution in [2.45, 2.75) is 32.5 Å². The van der Waals surface area contributed by atoms with Gasteiger partial charge in [-0.1, -0.05) is 6.08 Å². The van der Waals surface area contributed by atoms with Crippen LogP contribution in [0, 0.1) is 0 Å². The minimum atomic E-state index is -0.719. The molecule has 0 aromatic heterocycles. The van der Waals surface area contributed by atoms with Crippen LogP contribution >= 0.6 is 0 Å². The third kappa shape index (κ3) is 10.9. The summed E-state index contributed by atoms with van der Waals surface area (Å²) < 4.78 is 9.27. The number of carbonyl (C=O) groups excluding carboxylic acids is 2. The summed E-state index contributed by atoms with van der Waals surface area (Å²) in [6.45, 7) is 2.83. The molecule has 0 aliphatic rings. The molecular weight excluding hydrogens is 228 g/mol. The first-order valence-corrected chi connectivity index (χ1v) is 5.27. The highest BCUT2D eigenvalue weighted by molar-refractivity contribution is 5.83. The van der Waals surface area contributed by atoms with E-state index in [4.69, 9.17) is 10.2 Å². The number of aliphatic hydroxyl groups excluding tert-OH is 2. The lowest BCUT2D eigenvalue weighted by Crippen LogP contribution is -2.15.